The van der Waals surface area contributed by atoms with E-state index in [2.05, 4.69) is 0 Å². The van der Waals surface area contributed by atoms with Gasteiger partial charge in [0.15, 0.2) is 0 Å². The molecule has 19 heavy (non-hydrogen) atoms. The zero-order valence-corrected chi connectivity index (χ0v) is 12.2. The molecule has 1 aromatic carbocycles. The first-order valence-corrected chi connectivity index (χ1v) is 7.59. The first-order chi connectivity index (χ1) is 9.11. The Balaban J connectivity index is 2.04. The van der Waals surface area contributed by atoms with Crippen molar-refractivity contribution in [1.82, 2.24) is 4.90 Å². The fourth-order valence-electron chi connectivity index (χ4n) is 2.33. The molecule has 1 amide bonds. The Bertz CT molecular complexity index is 648. The lowest BCUT2D eigenvalue weighted by Gasteiger charge is -2.19. The average Bonchev–Trinajstić information content (AvgIpc) is 3.17. The summed E-state index contributed by atoms with van der Waals surface area (Å²) in [7, 11) is 0. The van der Waals surface area contributed by atoms with E-state index >= 15 is 0 Å². The molecule has 0 spiro atoms. The highest BCUT2D eigenvalue weighted by Gasteiger charge is 2.33. The maximum absolute atomic E-state index is 12.6. The summed E-state index contributed by atoms with van der Waals surface area (Å²) in [6.07, 6.45) is 2.21. The van der Waals surface area contributed by atoms with Gasteiger partial charge in [0.05, 0.1) is 5.69 Å². The lowest BCUT2D eigenvalue weighted by atomic mass is 10.2. The Morgan fingerprint density at radius 1 is 1.53 bits per heavy atom. The Kier molecular flexibility index (Phi) is 3.15. The van der Waals surface area contributed by atoms with Gasteiger partial charge in [-0.25, -0.2) is 0 Å². The summed E-state index contributed by atoms with van der Waals surface area (Å²) in [5, 5.41) is 1.53. The first kappa shape index (κ1) is 12.8. The van der Waals surface area contributed by atoms with Gasteiger partial charge in [-0.3, -0.25) is 4.79 Å². The number of halogens is 1. The molecule has 1 aromatic heterocycles. The second-order valence-electron chi connectivity index (χ2n) is 4.81. The van der Waals surface area contributed by atoms with Crippen LogP contribution in [0.1, 0.15) is 29.4 Å². The van der Waals surface area contributed by atoms with Gasteiger partial charge in [-0.05, 0) is 38.0 Å². The summed E-state index contributed by atoms with van der Waals surface area (Å²) >= 11 is 7.44. The van der Waals surface area contributed by atoms with Crippen LogP contribution in [0.5, 0.6) is 0 Å². The Morgan fingerprint density at radius 3 is 2.89 bits per heavy atom. The number of benzene rings is 1. The molecule has 5 heteroatoms. The van der Waals surface area contributed by atoms with Gasteiger partial charge < -0.3 is 10.6 Å². The predicted octanol–water partition coefficient (Wildman–Crippen LogP) is 3.76. The number of thiophene rings is 1. The van der Waals surface area contributed by atoms with Crippen molar-refractivity contribution >= 4 is 44.6 Å². The molecule has 1 aliphatic carbocycles. The Labute approximate surface area is 121 Å². The molecular weight excluding hydrogens is 280 g/mol. The van der Waals surface area contributed by atoms with Crippen LogP contribution in [0.4, 0.5) is 5.69 Å². The highest BCUT2D eigenvalue weighted by molar-refractivity contribution is 7.21. The number of nitrogens with two attached hydrogens (primary N) is 1. The van der Waals surface area contributed by atoms with E-state index in [9.17, 15) is 4.79 Å². The minimum Gasteiger partial charge on any atom is -0.397 e. The summed E-state index contributed by atoms with van der Waals surface area (Å²) in [4.78, 5) is 15.1. The largest absolute Gasteiger partial charge is 0.397 e. The number of nitrogens with zero attached hydrogens (tertiary/aromatic N) is 1. The number of fused-ring (bicyclic) bond motifs is 1. The SMILES string of the molecule is CCN(C(=O)c1sc2ccc(Cl)cc2c1N)C1CC1. The van der Waals surface area contributed by atoms with Crippen LogP contribution in [0.15, 0.2) is 18.2 Å². The number of nitrogen functional groups attached to an aromatic ring is 1. The number of carbonyl (C=O) groups excluding carboxylic acids is 1. The van der Waals surface area contributed by atoms with Crippen LogP contribution in [-0.4, -0.2) is 23.4 Å². The summed E-state index contributed by atoms with van der Waals surface area (Å²) in [5.41, 5.74) is 6.69. The van der Waals surface area contributed by atoms with E-state index in [0.29, 0.717) is 21.6 Å². The summed E-state index contributed by atoms with van der Waals surface area (Å²) < 4.78 is 1.01. The lowest BCUT2D eigenvalue weighted by molar-refractivity contribution is 0.0758. The van der Waals surface area contributed by atoms with Gasteiger partial charge in [-0.1, -0.05) is 11.6 Å². The topological polar surface area (TPSA) is 46.3 Å². The third-order valence-electron chi connectivity index (χ3n) is 3.47. The minimum absolute atomic E-state index is 0.0554. The molecule has 0 radical (unpaired) electrons. The van der Waals surface area contributed by atoms with Gasteiger partial charge in [-0.15, -0.1) is 11.3 Å². The average molecular weight is 295 g/mol. The lowest BCUT2D eigenvalue weighted by Crippen LogP contribution is -2.32. The molecule has 2 N–H and O–H groups in total. The van der Waals surface area contributed by atoms with Gasteiger partial charge in [0.25, 0.3) is 5.91 Å². The van der Waals surface area contributed by atoms with Gasteiger partial charge in [-0.2, -0.15) is 0 Å². The fourth-order valence-corrected chi connectivity index (χ4v) is 3.56. The van der Waals surface area contributed by atoms with Crippen LogP contribution in [-0.2, 0) is 0 Å². The van der Waals surface area contributed by atoms with Crippen molar-refractivity contribution < 1.29 is 4.79 Å². The van der Waals surface area contributed by atoms with E-state index in [4.69, 9.17) is 17.3 Å². The third kappa shape index (κ3) is 2.19. The van der Waals surface area contributed by atoms with Crippen LogP contribution in [0.2, 0.25) is 5.02 Å². The Hall–Kier alpha value is -1.26. The molecule has 1 aliphatic rings. The first-order valence-electron chi connectivity index (χ1n) is 6.40. The van der Waals surface area contributed by atoms with Crippen molar-refractivity contribution in [3.63, 3.8) is 0 Å². The van der Waals surface area contributed by atoms with Crippen LogP contribution < -0.4 is 5.73 Å². The molecule has 0 aliphatic heterocycles. The summed E-state index contributed by atoms with van der Waals surface area (Å²) in [6.45, 7) is 2.74. The van der Waals surface area contributed by atoms with Crippen molar-refractivity contribution in [2.75, 3.05) is 12.3 Å². The monoisotopic (exact) mass is 294 g/mol. The molecule has 0 unspecified atom stereocenters. The van der Waals surface area contributed by atoms with E-state index < -0.39 is 0 Å². The third-order valence-corrected chi connectivity index (χ3v) is 4.88. The maximum atomic E-state index is 12.6. The standard InChI is InChI=1S/C14H15ClN2OS/c1-2-17(9-4-5-9)14(18)13-12(16)10-7-8(15)3-6-11(10)19-13/h3,6-7,9H,2,4-5,16H2,1H3. The number of rotatable bonds is 3. The maximum Gasteiger partial charge on any atom is 0.266 e. The molecule has 0 atom stereocenters. The predicted molar refractivity (Wildman–Crippen MR) is 81.0 cm³/mol. The van der Waals surface area contributed by atoms with E-state index in [-0.39, 0.29) is 5.91 Å². The van der Waals surface area contributed by atoms with Crippen molar-refractivity contribution in [2.24, 2.45) is 0 Å². The zero-order chi connectivity index (χ0) is 13.6. The molecule has 0 saturated heterocycles. The number of amides is 1. The summed E-state index contributed by atoms with van der Waals surface area (Å²) in [6, 6.07) is 5.98. The highest BCUT2D eigenvalue weighted by atomic mass is 35.5. The van der Waals surface area contributed by atoms with Gasteiger partial charge in [0.1, 0.15) is 4.88 Å². The van der Waals surface area contributed by atoms with Gasteiger partial charge >= 0.3 is 0 Å². The second-order valence-corrected chi connectivity index (χ2v) is 6.30. The quantitative estimate of drug-likeness (QED) is 0.937. The number of anilines is 1. The van der Waals surface area contributed by atoms with Crippen LogP contribution in [0.3, 0.4) is 0 Å². The minimum atomic E-state index is 0.0554. The second kappa shape index (κ2) is 4.69. The molecule has 3 rings (SSSR count). The number of hydrogen-bond donors (Lipinski definition) is 1. The zero-order valence-electron chi connectivity index (χ0n) is 10.6. The number of carbonyl (C=O) groups is 1. The van der Waals surface area contributed by atoms with Crippen molar-refractivity contribution in [2.45, 2.75) is 25.8 Å². The molecule has 1 fully saturated rings. The normalized spacial score (nSPS) is 14.8. The smallest absolute Gasteiger partial charge is 0.266 e. The van der Waals surface area contributed by atoms with Crippen molar-refractivity contribution in [3.8, 4) is 0 Å². The van der Waals surface area contributed by atoms with Gasteiger partial charge in [0, 0.05) is 27.7 Å². The molecule has 3 nitrogen and oxygen atoms in total. The van der Waals surface area contributed by atoms with E-state index in [0.717, 1.165) is 29.5 Å². The molecule has 2 aromatic rings. The van der Waals surface area contributed by atoms with Crippen LogP contribution in [0, 0.1) is 0 Å². The Morgan fingerprint density at radius 2 is 2.26 bits per heavy atom. The van der Waals surface area contributed by atoms with Gasteiger partial charge in [0.2, 0.25) is 0 Å². The van der Waals surface area contributed by atoms with E-state index in [1.165, 1.54) is 11.3 Å². The van der Waals surface area contributed by atoms with Crippen molar-refractivity contribution in [1.29, 1.82) is 0 Å². The molecular formula is C14H15ClN2OS. The fraction of sp³-hybridized carbons (Fsp3) is 0.357. The van der Waals surface area contributed by atoms with E-state index in [1.807, 2.05) is 30.0 Å². The van der Waals surface area contributed by atoms with E-state index in [1.54, 1.807) is 0 Å². The molecule has 0 bridgehead atoms. The van der Waals surface area contributed by atoms with Crippen molar-refractivity contribution in [3.05, 3.63) is 28.1 Å². The molecule has 100 valence electrons. The van der Waals surface area contributed by atoms with Crippen LogP contribution in [0.25, 0.3) is 10.1 Å². The number of hydrogen-bond acceptors (Lipinski definition) is 3. The highest BCUT2D eigenvalue weighted by Crippen LogP contribution is 2.37. The molecule has 1 saturated carbocycles. The summed E-state index contributed by atoms with van der Waals surface area (Å²) in [5.74, 6) is 0.0554. The molecule has 1 heterocycles. The van der Waals surface area contributed by atoms with Crippen LogP contribution >= 0.6 is 22.9 Å².